The average molecular weight is 242 g/mol. The molecule has 3 heteroatoms. The lowest BCUT2D eigenvalue weighted by Crippen LogP contribution is -1.83. The number of aromatic nitrogens is 2. The lowest BCUT2D eigenvalue weighted by Gasteiger charge is -1.95. The number of pyridine rings is 1. The summed E-state index contributed by atoms with van der Waals surface area (Å²) >= 11 is 1.85. The normalized spacial score (nSPS) is 11.2. The van der Waals surface area contributed by atoms with Gasteiger partial charge in [0.15, 0.2) is 0 Å². The molecule has 17 heavy (non-hydrogen) atoms. The van der Waals surface area contributed by atoms with Gasteiger partial charge >= 0.3 is 0 Å². The van der Waals surface area contributed by atoms with Crippen molar-refractivity contribution in [3.05, 3.63) is 46.6 Å². The van der Waals surface area contributed by atoms with Gasteiger partial charge in [0.25, 0.3) is 0 Å². The standard InChI is InChI=1S/C14H14N2S/c1-9-8-13(17-11(9)3)14-10(2)15-16-7-5-4-6-12(14)16/h4-8H,1-3H3. The van der Waals surface area contributed by atoms with Crippen molar-refractivity contribution in [3.8, 4) is 10.4 Å². The minimum Gasteiger partial charge on any atom is -0.240 e. The van der Waals surface area contributed by atoms with Crippen molar-refractivity contribution in [2.75, 3.05) is 0 Å². The summed E-state index contributed by atoms with van der Waals surface area (Å²) < 4.78 is 1.95. The third kappa shape index (κ3) is 1.58. The topological polar surface area (TPSA) is 17.3 Å². The molecule has 0 N–H and O–H groups in total. The Hall–Kier alpha value is -1.61. The molecule has 0 saturated carbocycles. The van der Waals surface area contributed by atoms with E-state index in [1.54, 1.807) is 0 Å². The van der Waals surface area contributed by atoms with E-state index in [1.165, 1.54) is 26.4 Å². The Morgan fingerprint density at radius 2 is 2.00 bits per heavy atom. The monoisotopic (exact) mass is 242 g/mol. The molecule has 0 atom stereocenters. The fraction of sp³-hybridized carbons (Fsp3) is 0.214. The van der Waals surface area contributed by atoms with E-state index in [1.807, 2.05) is 28.1 Å². The molecule has 3 rings (SSSR count). The van der Waals surface area contributed by atoms with Crippen molar-refractivity contribution < 1.29 is 0 Å². The van der Waals surface area contributed by atoms with Gasteiger partial charge in [-0.25, -0.2) is 4.52 Å². The summed E-state index contributed by atoms with van der Waals surface area (Å²) in [6, 6.07) is 8.46. The van der Waals surface area contributed by atoms with Gasteiger partial charge in [-0.2, -0.15) is 5.10 Å². The molecule has 0 aliphatic rings. The van der Waals surface area contributed by atoms with Crippen LogP contribution in [-0.2, 0) is 0 Å². The zero-order valence-corrected chi connectivity index (χ0v) is 11.0. The van der Waals surface area contributed by atoms with E-state index >= 15 is 0 Å². The summed E-state index contributed by atoms with van der Waals surface area (Å²) in [6.45, 7) is 6.41. The molecule has 0 unspecified atom stereocenters. The average Bonchev–Trinajstić information content (AvgIpc) is 2.78. The van der Waals surface area contributed by atoms with Crippen molar-refractivity contribution >= 4 is 16.9 Å². The summed E-state index contributed by atoms with van der Waals surface area (Å²) in [5.41, 5.74) is 4.91. The van der Waals surface area contributed by atoms with Crippen LogP contribution in [0.15, 0.2) is 30.5 Å². The fourth-order valence-electron chi connectivity index (χ4n) is 2.12. The lowest BCUT2D eigenvalue weighted by atomic mass is 10.1. The molecular weight excluding hydrogens is 228 g/mol. The Morgan fingerprint density at radius 1 is 1.18 bits per heavy atom. The Labute approximate surface area is 105 Å². The Morgan fingerprint density at radius 3 is 2.71 bits per heavy atom. The number of fused-ring (bicyclic) bond motifs is 1. The maximum atomic E-state index is 4.55. The van der Waals surface area contributed by atoms with Crippen LogP contribution in [0.3, 0.4) is 0 Å². The Kier molecular flexibility index (Phi) is 2.30. The zero-order chi connectivity index (χ0) is 12.0. The molecule has 0 fully saturated rings. The first-order chi connectivity index (χ1) is 8.16. The van der Waals surface area contributed by atoms with Crippen molar-refractivity contribution in [1.82, 2.24) is 9.61 Å². The Bertz CT molecular complexity index is 672. The maximum Gasteiger partial charge on any atom is 0.0751 e. The minimum atomic E-state index is 1.09. The molecule has 0 bridgehead atoms. The number of aryl methyl sites for hydroxylation is 3. The fourth-order valence-corrected chi connectivity index (χ4v) is 3.26. The molecule has 0 amide bonds. The molecule has 3 aromatic rings. The van der Waals surface area contributed by atoms with Crippen molar-refractivity contribution in [2.24, 2.45) is 0 Å². The molecule has 3 aromatic heterocycles. The van der Waals surface area contributed by atoms with Gasteiger partial charge in [0.1, 0.15) is 0 Å². The van der Waals surface area contributed by atoms with E-state index < -0.39 is 0 Å². The zero-order valence-electron chi connectivity index (χ0n) is 10.2. The van der Waals surface area contributed by atoms with Crippen molar-refractivity contribution in [2.45, 2.75) is 20.8 Å². The minimum absolute atomic E-state index is 1.09. The molecule has 0 aliphatic heterocycles. The van der Waals surface area contributed by atoms with Crippen LogP contribution in [-0.4, -0.2) is 9.61 Å². The SMILES string of the molecule is Cc1cc(-c2c(C)nn3ccccc23)sc1C. The highest BCUT2D eigenvalue weighted by molar-refractivity contribution is 7.15. The molecule has 0 aromatic carbocycles. The van der Waals surface area contributed by atoms with Crippen LogP contribution < -0.4 is 0 Å². The highest BCUT2D eigenvalue weighted by Gasteiger charge is 2.13. The second-order valence-corrected chi connectivity index (χ2v) is 5.60. The third-order valence-electron chi connectivity index (χ3n) is 3.13. The van der Waals surface area contributed by atoms with Gasteiger partial charge < -0.3 is 0 Å². The summed E-state index contributed by atoms with van der Waals surface area (Å²) in [6.07, 6.45) is 2.00. The maximum absolute atomic E-state index is 4.55. The molecule has 0 radical (unpaired) electrons. The van der Waals surface area contributed by atoms with Gasteiger partial charge in [0.05, 0.1) is 11.2 Å². The first-order valence-corrected chi connectivity index (χ1v) is 6.50. The van der Waals surface area contributed by atoms with Gasteiger partial charge in [0, 0.05) is 21.5 Å². The van der Waals surface area contributed by atoms with E-state index in [2.05, 4.69) is 44.1 Å². The van der Waals surface area contributed by atoms with Crippen LogP contribution in [0.25, 0.3) is 16.0 Å². The van der Waals surface area contributed by atoms with Gasteiger partial charge in [-0.3, -0.25) is 0 Å². The van der Waals surface area contributed by atoms with Crippen LogP contribution in [0.2, 0.25) is 0 Å². The molecule has 0 saturated heterocycles. The number of nitrogens with zero attached hydrogens (tertiary/aromatic N) is 2. The van der Waals surface area contributed by atoms with Crippen LogP contribution in [0.5, 0.6) is 0 Å². The summed E-state index contributed by atoms with van der Waals surface area (Å²) in [5, 5.41) is 4.55. The smallest absolute Gasteiger partial charge is 0.0751 e. The summed E-state index contributed by atoms with van der Waals surface area (Å²) in [5.74, 6) is 0. The lowest BCUT2D eigenvalue weighted by molar-refractivity contribution is 0.934. The van der Waals surface area contributed by atoms with E-state index in [9.17, 15) is 0 Å². The predicted octanol–water partition coefficient (Wildman–Crippen LogP) is 3.99. The molecular formula is C14H14N2S. The number of hydrogen-bond acceptors (Lipinski definition) is 2. The van der Waals surface area contributed by atoms with E-state index in [4.69, 9.17) is 0 Å². The first kappa shape index (κ1) is 10.5. The second kappa shape index (κ2) is 3.70. The van der Waals surface area contributed by atoms with E-state index in [0.717, 1.165) is 5.69 Å². The number of thiophene rings is 1. The molecule has 86 valence electrons. The first-order valence-electron chi connectivity index (χ1n) is 5.68. The van der Waals surface area contributed by atoms with Crippen LogP contribution in [0, 0.1) is 20.8 Å². The van der Waals surface area contributed by atoms with Crippen LogP contribution in [0.4, 0.5) is 0 Å². The summed E-state index contributed by atoms with van der Waals surface area (Å²) in [7, 11) is 0. The van der Waals surface area contributed by atoms with Gasteiger partial charge in [-0.05, 0) is 44.5 Å². The van der Waals surface area contributed by atoms with Crippen molar-refractivity contribution in [1.29, 1.82) is 0 Å². The molecule has 0 spiro atoms. The predicted molar refractivity (Wildman–Crippen MR) is 72.7 cm³/mol. The van der Waals surface area contributed by atoms with E-state index in [0.29, 0.717) is 0 Å². The molecule has 0 aliphatic carbocycles. The Balaban J connectivity index is 2.33. The number of rotatable bonds is 1. The van der Waals surface area contributed by atoms with E-state index in [-0.39, 0.29) is 0 Å². The van der Waals surface area contributed by atoms with Crippen LogP contribution >= 0.6 is 11.3 Å². The highest BCUT2D eigenvalue weighted by Crippen LogP contribution is 2.35. The van der Waals surface area contributed by atoms with Crippen LogP contribution in [0.1, 0.15) is 16.1 Å². The quantitative estimate of drug-likeness (QED) is 0.630. The third-order valence-corrected chi connectivity index (χ3v) is 4.30. The van der Waals surface area contributed by atoms with Crippen molar-refractivity contribution in [3.63, 3.8) is 0 Å². The van der Waals surface area contributed by atoms with Gasteiger partial charge in [0.2, 0.25) is 0 Å². The second-order valence-electron chi connectivity index (χ2n) is 4.34. The molecule has 2 nitrogen and oxygen atoms in total. The highest BCUT2D eigenvalue weighted by atomic mass is 32.1. The summed E-state index contributed by atoms with van der Waals surface area (Å²) in [4.78, 5) is 2.70. The largest absolute Gasteiger partial charge is 0.240 e. The van der Waals surface area contributed by atoms with Gasteiger partial charge in [-0.15, -0.1) is 11.3 Å². The van der Waals surface area contributed by atoms with Gasteiger partial charge in [-0.1, -0.05) is 6.07 Å². The molecule has 3 heterocycles. The number of hydrogen-bond donors (Lipinski definition) is 0.